The van der Waals surface area contributed by atoms with E-state index in [4.69, 9.17) is 9.84 Å². The number of hydrogen-bond donors (Lipinski definition) is 2. The van der Waals surface area contributed by atoms with Gasteiger partial charge in [-0.05, 0) is 61.8 Å². The molecule has 1 aliphatic rings. The lowest BCUT2D eigenvalue weighted by Crippen LogP contribution is -2.49. The first-order valence-electron chi connectivity index (χ1n) is 10.2. The number of carboxylic acid groups (broad SMARTS) is 1. The molecular weight excluding hydrogens is 479 g/mol. The van der Waals surface area contributed by atoms with Gasteiger partial charge in [0.05, 0.1) is 6.10 Å². The lowest BCUT2D eigenvalue weighted by molar-refractivity contribution is -0.131. The van der Waals surface area contributed by atoms with E-state index in [0.717, 1.165) is 18.2 Å². The Kier molecular flexibility index (Phi) is 6.95. The maximum Gasteiger partial charge on any atom is 0.328 e. The van der Waals surface area contributed by atoms with Gasteiger partial charge < -0.3 is 14.9 Å². The minimum Gasteiger partial charge on any atom is -0.478 e. The second-order valence-electron chi connectivity index (χ2n) is 8.91. The van der Waals surface area contributed by atoms with Crippen LogP contribution in [-0.2, 0) is 9.53 Å². The summed E-state index contributed by atoms with van der Waals surface area (Å²) in [5, 5.41) is 20.1. The van der Waals surface area contributed by atoms with Crippen LogP contribution in [0.4, 0.5) is 19.4 Å². The normalized spacial score (nSPS) is 25.1. The van der Waals surface area contributed by atoms with E-state index in [0.29, 0.717) is 29.7 Å². The average Bonchev–Trinajstić information content (AvgIpc) is 2.66. The Hall–Kier alpha value is -2.61. The highest BCUT2D eigenvalue weighted by molar-refractivity contribution is 8.45. The van der Waals surface area contributed by atoms with Crippen LogP contribution in [0.5, 0.6) is 0 Å². The van der Waals surface area contributed by atoms with Gasteiger partial charge in [-0.2, -0.15) is 0 Å². The molecule has 0 aromatic heterocycles. The van der Waals surface area contributed by atoms with E-state index in [1.165, 1.54) is 0 Å². The molecule has 0 heterocycles. The highest BCUT2D eigenvalue weighted by atomic mass is 32.5. The van der Waals surface area contributed by atoms with Gasteiger partial charge in [0.15, 0.2) is 0 Å². The van der Waals surface area contributed by atoms with Crippen LogP contribution in [-0.4, -0.2) is 34.5 Å². The number of carbonyl (C=O) groups is 1. The summed E-state index contributed by atoms with van der Waals surface area (Å²) < 4.78 is 69.6. The van der Waals surface area contributed by atoms with Gasteiger partial charge in [-0.15, -0.1) is 0 Å². The molecule has 0 saturated heterocycles. The van der Waals surface area contributed by atoms with Crippen molar-refractivity contribution in [1.29, 1.82) is 0 Å². The standard InChI is InChI=1S/C24H27F5O4S/c1-17(14-22(30)31)11-12-24(32)18(2)15-20(16-23(24,3)4)33-13-5-6-19-7-9-21(10-8-19)34(25,26,27,28)29/h7-12,14-15,20,32H,13,16H2,1-4H3,(H,30,31)/b12-11+,17-14-/t20-,24-/m1/s1. The van der Waals surface area contributed by atoms with Gasteiger partial charge in [0.2, 0.25) is 0 Å². The largest absolute Gasteiger partial charge is 0.478 e. The number of ether oxygens (including phenoxy) is 1. The summed E-state index contributed by atoms with van der Waals surface area (Å²) >= 11 is 0. The minimum absolute atomic E-state index is 0.0669. The van der Waals surface area contributed by atoms with Crippen LogP contribution >= 0.6 is 10.2 Å². The third-order valence-electron chi connectivity index (χ3n) is 5.62. The van der Waals surface area contributed by atoms with Crippen molar-refractivity contribution in [1.82, 2.24) is 0 Å². The van der Waals surface area contributed by atoms with E-state index in [2.05, 4.69) is 11.8 Å². The third kappa shape index (κ3) is 6.95. The Morgan fingerprint density at radius 2 is 1.79 bits per heavy atom. The Balaban J connectivity index is 2.09. The van der Waals surface area contributed by atoms with Crippen molar-refractivity contribution in [2.75, 3.05) is 6.61 Å². The predicted octanol–water partition coefficient (Wildman–Crippen LogP) is 6.78. The molecule has 0 saturated carbocycles. The SMILES string of the molecule is CC1=C[C@@H](OCC#Cc2ccc(S(F)(F)(F)(F)F)cc2)CC(C)(C)[C@@]1(O)/C=C/C(C)=C\C(=O)O. The fourth-order valence-electron chi connectivity index (χ4n) is 3.70. The molecule has 0 fully saturated rings. The first-order chi connectivity index (χ1) is 15.2. The summed E-state index contributed by atoms with van der Waals surface area (Å²) in [4.78, 5) is 8.82. The van der Waals surface area contributed by atoms with Crippen LogP contribution < -0.4 is 0 Å². The Morgan fingerprint density at radius 1 is 1.21 bits per heavy atom. The second kappa shape index (κ2) is 8.56. The van der Waals surface area contributed by atoms with Crippen LogP contribution in [0.3, 0.4) is 0 Å². The van der Waals surface area contributed by atoms with Crippen molar-refractivity contribution in [3.05, 3.63) is 65.3 Å². The second-order valence-corrected chi connectivity index (χ2v) is 11.3. The number of halogens is 5. The fraction of sp³-hybridized carbons (Fsp3) is 0.375. The van der Waals surface area contributed by atoms with E-state index in [-0.39, 0.29) is 12.2 Å². The van der Waals surface area contributed by atoms with Crippen molar-refractivity contribution < 1.29 is 39.2 Å². The number of benzene rings is 1. The highest BCUT2D eigenvalue weighted by Crippen LogP contribution is 3.02. The van der Waals surface area contributed by atoms with E-state index < -0.39 is 38.2 Å². The lowest BCUT2D eigenvalue weighted by atomic mass is 9.64. The van der Waals surface area contributed by atoms with Crippen molar-refractivity contribution >= 4 is 16.2 Å². The van der Waals surface area contributed by atoms with Gasteiger partial charge in [0.1, 0.15) is 17.1 Å². The van der Waals surface area contributed by atoms with Gasteiger partial charge in [0.25, 0.3) is 0 Å². The van der Waals surface area contributed by atoms with Crippen LogP contribution in [0.2, 0.25) is 0 Å². The van der Waals surface area contributed by atoms with E-state index in [9.17, 15) is 29.3 Å². The minimum atomic E-state index is -9.71. The molecular formula is C24H27F5O4S. The molecule has 34 heavy (non-hydrogen) atoms. The molecule has 0 unspecified atom stereocenters. The zero-order chi connectivity index (χ0) is 26.1. The molecule has 1 aromatic rings. The molecule has 0 amide bonds. The van der Waals surface area contributed by atoms with Crippen molar-refractivity contribution in [3.8, 4) is 11.8 Å². The molecule has 1 aliphatic carbocycles. The molecule has 188 valence electrons. The molecule has 2 rings (SSSR count). The molecule has 0 radical (unpaired) electrons. The van der Waals surface area contributed by atoms with E-state index in [1.807, 2.05) is 13.8 Å². The highest BCUT2D eigenvalue weighted by Gasteiger charge is 2.65. The predicted molar refractivity (Wildman–Crippen MR) is 122 cm³/mol. The first-order valence-corrected chi connectivity index (χ1v) is 12.1. The first kappa shape index (κ1) is 27.6. The maximum atomic E-state index is 12.8. The van der Waals surface area contributed by atoms with E-state index >= 15 is 0 Å². The Labute approximate surface area is 195 Å². The van der Waals surface area contributed by atoms with Gasteiger partial charge in [0, 0.05) is 17.1 Å². The maximum absolute atomic E-state index is 12.8. The summed E-state index contributed by atoms with van der Waals surface area (Å²) in [5.74, 6) is 4.13. The van der Waals surface area contributed by atoms with Crippen LogP contribution in [0.15, 0.2) is 64.6 Å². The average molecular weight is 507 g/mol. The van der Waals surface area contributed by atoms with Gasteiger partial charge in [-0.25, -0.2) is 4.79 Å². The van der Waals surface area contributed by atoms with Crippen LogP contribution in [0.1, 0.15) is 39.7 Å². The van der Waals surface area contributed by atoms with Crippen LogP contribution in [0, 0.1) is 17.3 Å². The molecule has 0 bridgehead atoms. The number of rotatable bonds is 6. The summed E-state index contributed by atoms with van der Waals surface area (Å²) in [5.41, 5.74) is -0.809. The Morgan fingerprint density at radius 3 is 2.29 bits per heavy atom. The van der Waals surface area contributed by atoms with Crippen molar-refractivity contribution in [2.45, 2.75) is 50.7 Å². The monoisotopic (exact) mass is 506 g/mol. The quantitative estimate of drug-likeness (QED) is 0.147. The summed E-state index contributed by atoms with van der Waals surface area (Å²) in [7, 11) is -9.71. The number of aliphatic hydroxyl groups is 1. The fourth-order valence-corrected chi connectivity index (χ4v) is 4.35. The summed E-state index contributed by atoms with van der Waals surface area (Å²) in [6, 6.07) is 2.37. The number of allylic oxidation sites excluding steroid dienone is 2. The molecule has 4 nitrogen and oxygen atoms in total. The van der Waals surface area contributed by atoms with Crippen LogP contribution in [0.25, 0.3) is 0 Å². The van der Waals surface area contributed by atoms with Crippen molar-refractivity contribution in [3.63, 3.8) is 0 Å². The summed E-state index contributed by atoms with van der Waals surface area (Å²) in [6.45, 7) is 6.95. The van der Waals surface area contributed by atoms with E-state index in [1.54, 1.807) is 32.1 Å². The number of aliphatic carboxylic acids is 1. The third-order valence-corrected chi connectivity index (χ3v) is 6.78. The lowest BCUT2D eigenvalue weighted by Gasteiger charge is -2.46. The smallest absolute Gasteiger partial charge is 0.328 e. The van der Waals surface area contributed by atoms with Gasteiger partial charge in [-0.3, -0.25) is 0 Å². The number of carboxylic acids is 1. The summed E-state index contributed by atoms with van der Waals surface area (Å²) in [6.07, 6.45) is 5.87. The van der Waals surface area contributed by atoms with Crippen molar-refractivity contribution in [2.24, 2.45) is 5.41 Å². The number of hydrogen-bond acceptors (Lipinski definition) is 3. The zero-order valence-electron chi connectivity index (χ0n) is 19.1. The molecule has 10 heteroatoms. The molecule has 0 spiro atoms. The molecule has 0 aliphatic heterocycles. The molecule has 2 atom stereocenters. The molecule has 2 N–H and O–H groups in total. The zero-order valence-corrected chi connectivity index (χ0v) is 19.9. The molecule has 1 aromatic carbocycles. The van der Waals surface area contributed by atoms with Gasteiger partial charge in [-0.1, -0.05) is 57.3 Å². The van der Waals surface area contributed by atoms with Gasteiger partial charge >= 0.3 is 16.2 Å². The topological polar surface area (TPSA) is 66.8 Å². The Bertz CT molecular complexity index is 1110.